The number of nitrogens with zero attached hydrogens (tertiary/aromatic N) is 2. The zero-order valence-electron chi connectivity index (χ0n) is 13.8. The third kappa shape index (κ3) is 6.17. The molecule has 1 aromatic carbocycles. The molecule has 1 rings (SSSR count). The van der Waals surface area contributed by atoms with Gasteiger partial charge in [-0.15, -0.1) is 0 Å². The monoisotopic (exact) mass is 349 g/mol. The Labute approximate surface area is 144 Å². The molecular weight excluding hydrogens is 330 g/mol. The summed E-state index contributed by atoms with van der Waals surface area (Å²) in [4.78, 5) is 37.5. The van der Waals surface area contributed by atoms with E-state index in [2.05, 4.69) is 10.1 Å². The van der Waals surface area contributed by atoms with Crippen LogP contribution in [0.5, 0.6) is 5.75 Å². The number of hydrogen-bond donors (Lipinski definition) is 2. The summed E-state index contributed by atoms with van der Waals surface area (Å²) in [5.74, 6) is -1.89. The Morgan fingerprint density at radius 1 is 1.28 bits per heavy atom. The summed E-state index contributed by atoms with van der Waals surface area (Å²) in [6.07, 6.45) is -0.676. The van der Waals surface area contributed by atoms with Crippen molar-refractivity contribution in [1.29, 1.82) is 0 Å². The van der Waals surface area contributed by atoms with Gasteiger partial charge in [0.25, 0.3) is 5.91 Å². The molecule has 0 radical (unpaired) electrons. The molecule has 0 saturated heterocycles. The number of carbonyl (C=O) groups is 3. The number of hydrogen-bond acceptors (Lipinski definition) is 5. The van der Waals surface area contributed by atoms with Crippen molar-refractivity contribution in [3.63, 3.8) is 0 Å². The molecule has 1 aromatic rings. The summed E-state index contributed by atoms with van der Waals surface area (Å²) in [5.41, 5.74) is 8.78. The van der Waals surface area contributed by atoms with Crippen LogP contribution in [0, 0.1) is 0 Å². The van der Waals surface area contributed by atoms with Crippen molar-refractivity contribution < 1.29 is 33.8 Å². The first-order valence-electron chi connectivity index (χ1n) is 7.33. The second-order valence-electron chi connectivity index (χ2n) is 5.04. The van der Waals surface area contributed by atoms with Crippen molar-refractivity contribution in [3.05, 3.63) is 35.4 Å². The molecule has 0 aromatic heterocycles. The van der Waals surface area contributed by atoms with Gasteiger partial charge in [0, 0.05) is 13.5 Å². The third-order valence-corrected chi connectivity index (χ3v) is 3.39. The van der Waals surface area contributed by atoms with Gasteiger partial charge in [0.1, 0.15) is 11.8 Å². The fourth-order valence-electron chi connectivity index (χ4n) is 2.09. The normalized spacial score (nSPS) is 12.4. The van der Waals surface area contributed by atoms with E-state index in [4.69, 9.17) is 15.0 Å². The van der Waals surface area contributed by atoms with Crippen LogP contribution in [0.2, 0.25) is 0 Å². The van der Waals surface area contributed by atoms with Crippen molar-refractivity contribution in [2.45, 2.75) is 25.0 Å². The quantitative estimate of drug-likeness (QED) is 0.360. The van der Waals surface area contributed by atoms with Crippen LogP contribution >= 0.6 is 0 Å². The van der Waals surface area contributed by atoms with Crippen molar-refractivity contribution in [1.82, 2.24) is 5.32 Å². The Morgan fingerprint density at radius 2 is 1.92 bits per heavy atom. The maximum absolute atomic E-state index is 12.3. The van der Waals surface area contributed by atoms with Crippen LogP contribution in [0.15, 0.2) is 24.3 Å². The minimum atomic E-state index is -1.29. The molecule has 0 bridgehead atoms. The van der Waals surface area contributed by atoms with Gasteiger partial charge < -0.3 is 25.4 Å². The highest BCUT2D eigenvalue weighted by Crippen LogP contribution is 2.20. The number of benzene rings is 1. The molecule has 2 atom stereocenters. The highest BCUT2D eigenvalue weighted by molar-refractivity contribution is 6.25. The average molecular weight is 349 g/mol. The van der Waals surface area contributed by atoms with E-state index in [-0.39, 0.29) is 12.8 Å². The molecule has 134 valence electrons. The zero-order chi connectivity index (χ0) is 18.8. The van der Waals surface area contributed by atoms with Gasteiger partial charge in [0.15, 0.2) is 6.10 Å². The summed E-state index contributed by atoms with van der Waals surface area (Å²) in [6, 6.07) is 5.28. The zero-order valence-corrected chi connectivity index (χ0v) is 13.8. The first-order valence-corrected chi connectivity index (χ1v) is 7.33. The summed E-state index contributed by atoms with van der Waals surface area (Å²) in [6.45, 7) is 0. The van der Waals surface area contributed by atoms with E-state index in [1.807, 2.05) is 0 Å². The SMILES string of the molecule is COc1ccc(C(OC)C(=O)NC(CCC(=O)C=[N+]=[N-])C(=O)O)cc1. The summed E-state index contributed by atoms with van der Waals surface area (Å²) in [7, 11) is 2.83. The van der Waals surface area contributed by atoms with E-state index in [9.17, 15) is 19.5 Å². The van der Waals surface area contributed by atoms with Crippen LogP contribution in [0.25, 0.3) is 5.53 Å². The van der Waals surface area contributed by atoms with Gasteiger partial charge in [-0.2, -0.15) is 4.79 Å². The van der Waals surface area contributed by atoms with E-state index in [1.165, 1.54) is 14.2 Å². The number of methoxy groups -OCH3 is 2. The molecule has 0 aliphatic carbocycles. The number of ether oxygens (including phenoxy) is 2. The van der Waals surface area contributed by atoms with Crippen LogP contribution < -0.4 is 10.1 Å². The lowest BCUT2D eigenvalue weighted by Crippen LogP contribution is -2.43. The van der Waals surface area contributed by atoms with Crippen LogP contribution in [0.3, 0.4) is 0 Å². The highest BCUT2D eigenvalue weighted by atomic mass is 16.5. The Morgan fingerprint density at radius 3 is 2.40 bits per heavy atom. The van der Waals surface area contributed by atoms with E-state index in [0.717, 1.165) is 0 Å². The molecule has 1 amide bonds. The number of Topliss-reactive ketones (excluding diaryl/α,β-unsaturated/α-hetero) is 1. The summed E-state index contributed by atoms with van der Waals surface area (Å²) >= 11 is 0. The standard InChI is InChI=1S/C16H19N3O6/c1-24-12-6-3-10(4-7-12)14(25-2)15(21)19-13(16(22)23)8-5-11(20)9-18-17/h3-4,6-7,9,13-14H,5,8H2,1-2H3,(H,19,21)(H,22,23). The molecule has 2 unspecified atom stereocenters. The number of carboxylic acid groups (broad SMARTS) is 1. The van der Waals surface area contributed by atoms with Crippen LogP contribution in [-0.2, 0) is 19.1 Å². The number of aliphatic carboxylic acids is 1. The number of ketones is 1. The molecule has 25 heavy (non-hydrogen) atoms. The second-order valence-corrected chi connectivity index (χ2v) is 5.04. The molecule has 0 saturated carbocycles. The van der Waals surface area contributed by atoms with Crippen LogP contribution in [0.4, 0.5) is 0 Å². The first kappa shape index (κ1) is 20.0. The average Bonchev–Trinajstić information content (AvgIpc) is 2.59. The van der Waals surface area contributed by atoms with Gasteiger partial charge in [0.05, 0.1) is 7.11 Å². The number of carbonyl (C=O) groups excluding carboxylic acids is 2. The molecular formula is C16H19N3O6. The minimum absolute atomic E-state index is 0.148. The molecule has 0 fully saturated rings. The topological polar surface area (TPSA) is 138 Å². The summed E-state index contributed by atoms with van der Waals surface area (Å²) < 4.78 is 10.2. The molecule has 9 nitrogen and oxygen atoms in total. The fraction of sp³-hybridized carbons (Fsp3) is 0.375. The molecule has 0 aliphatic rings. The van der Waals surface area contributed by atoms with Crippen molar-refractivity contribution in [2.24, 2.45) is 0 Å². The molecule has 0 spiro atoms. The number of rotatable bonds is 10. The smallest absolute Gasteiger partial charge is 0.326 e. The van der Waals surface area contributed by atoms with Crippen molar-refractivity contribution in [3.8, 4) is 5.75 Å². The van der Waals surface area contributed by atoms with Crippen LogP contribution in [-0.4, -0.2) is 54.0 Å². The van der Waals surface area contributed by atoms with Crippen molar-refractivity contribution in [2.75, 3.05) is 14.2 Å². The Hall–Kier alpha value is -3.03. The van der Waals surface area contributed by atoms with Gasteiger partial charge in [-0.25, -0.2) is 4.79 Å². The molecule has 9 heteroatoms. The fourth-order valence-corrected chi connectivity index (χ4v) is 2.09. The lowest BCUT2D eigenvalue weighted by Gasteiger charge is -2.19. The Balaban J connectivity index is 2.80. The predicted molar refractivity (Wildman–Crippen MR) is 86.2 cm³/mol. The highest BCUT2D eigenvalue weighted by Gasteiger charge is 2.27. The molecule has 0 heterocycles. The first-order chi connectivity index (χ1) is 11.9. The van der Waals surface area contributed by atoms with Gasteiger partial charge in [-0.3, -0.25) is 9.59 Å². The van der Waals surface area contributed by atoms with E-state index in [0.29, 0.717) is 17.5 Å². The van der Waals surface area contributed by atoms with Gasteiger partial charge in [0.2, 0.25) is 5.78 Å². The van der Waals surface area contributed by atoms with E-state index < -0.39 is 29.8 Å². The number of carboxylic acids is 1. The summed E-state index contributed by atoms with van der Waals surface area (Å²) in [5, 5.41) is 11.5. The Kier molecular flexibility index (Phi) is 7.98. The van der Waals surface area contributed by atoms with Gasteiger partial charge in [-0.1, -0.05) is 12.1 Å². The van der Waals surface area contributed by atoms with Gasteiger partial charge >= 0.3 is 12.2 Å². The van der Waals surface area contributed by atoms with Crippen LogP contribution in [0.1, 0.15) is 24.5 Å². The van der Waals surface area contributed by atoms with Crippen molar-refractivity contribution >= 4 is 23.9 Å². The minimum Gasteiger partial charge on any atom is -0.497 e. The number of nitrogens with one attached hydrogen (secondary N) is 1. The second kappa shape index (κ2) is 9.96. The molecule has 0 aliphatic heterocycles. The number of amides is 1. The maximum atomic E-state index is 12.3. The lowest BCUT2D eigenvalue weighted by atomic mass is 10.1. The Bertz CT molecular complexity index is 667. The van der Waals surface area contributed by atoms with E-state index >= 15 is 0 Å². The van der Waals surface area contributed by atoms with E-state index in [1.54, 1.807) is 24.3 Å². The predicted octanol–water partition coefficient (Wildman–Crippen LogP) is 0.602. The third-order valence-electron chi connectivity index (χ3n) is 3.39. The maximum Gasteiger partial charge on any atom is 0.326 e. The lowest BCUT2D eigenvalue weighted by molar-refractivity contribution is -0.144. The largest absolute Gasteiger partial charge is 0.497 e. The van der Waals surface area contributed by atoms with Gasteiger partial charge in [-0.05, 0) is 24.1 Å². The molecule has 2 N–H and O–H groups in total.